The normalized spacial score (nSPS) is 10.1. The van der Waals surface area contributed by atoms with E-state index < -0.39 is 0 Å². The molecule has 0 saturated heterocycles. The van der Waals surface area contributed by atoms with Crippen molar-refractivity contribution in [1.29, 1.82) is 0 Å². The molecule has 0 radical (unpaired) electrons. The van der Waals surface area contributed by atoms with Crippen LogP contribution in [0.4, 0.5) is 5.69 Å². The second-order valence-corrected chi connectivity index (χ2v) is 3.54. The number of hydrogen-bond donors (Lipinski definition) is 0. The topological polar surface area (TPSA) is 43.1 Å². The number of nitro groups is 1. The summed E-state index contributed by atoms with van der Waals surface area (Å²) in [5.74, 6) is 0.621. The van der Waals surface area contributed by atoms with E-state index in [9.17, 15) is 10.1 Å². The van der Waals surface area contributed by atoms with Crippen molar-refractivity contribution in [2.24, 2.45) is 0 Å². The molecular formula is C10H12ClNO2. The standard InChI is InChI=1S/C10H12ClNO2/c1-8-7-10(12(13)14)5-4-9(8)3-2-6-11/h4-5,7H,2-3,6H2,1H3. The molecule has 0 spiro atoms. The number of nitrogens with zero attached hydrogens (tertiary/aromatic N) is 1. The van der Waals surface area contributed by atoms with Crippen molar-refractivity contribution < 1.29 is 4.92 Å². The molecule has 0 aromatic heterocycles. The van der Waals surface area contributed by atoms with Crippen molar-refractivity contribution >= 4 is 17.3 Å². The van der Waals surface area contributed by atoms with Crippen LogP contribution in [0.1, 0.15) is 17.5 Å². The van der Waals surface area contributed by atoms with Crippen molar-refractivity contribution in [3.63, 3.8) is 0 Å². The predicted octanol–water partition coefficient (Wildman–Crippen LogP) is 3.07. The molecule has 0 fully saturated rings. The quantitative estimate of drug-likeness (QED) is 0.438. The van der Waals surface area contributed by atoms with Gasteiger partial charge >= 0.3 is 0 Å². The Labute approximate surface area is 87.8 Å². The molecule has 0 saturated carbocycles. The Morgan fingerprint density at radius 3 is 2.71 bits per heavy atom. The maximum absolute atomic E-state index is 10.5. The fraction of sp³-hybridized carbons (Fsp3) is 0.400. The summed E-state index contributed by atoms with van der Waals surface area (Å²) in [6, 6.07) is 4.94. The van der Waals surface area contributed by atoms with Crippen LogP contribution in [-0.4, -0.2) is 10.8 Å². The summed E-state index contributed by atoms with van der Waals surface area (Å²) in [6.07, 6.45) is 1.79. The van der Waals surface area contributed by atoms with E-state index in [1.54, 1.807) is 12.1 Å². The first kappa shape index (κ1) is 11.0. The summed E-state index contributed by atoms with van der Waals surface area (Å²) in [4.78, 5) is 10.1. The predicted molar refractivity (Wildman–Crippen MR) is 56.9 cm³/mol. The molecule has 1 aromatic rings. The zero-order valence-electron chi connectivity index (χ0n) is 8.00. The van der Waals surface area contributed by atoms with Gasteiger partial charge < -0.3 is 0 Å². The molecular weight excluding hydrogens is 202 g/mol. The van der Waals surface area contributed by atoms with Gasteiger partial charge in [-0.2, -0.15) is 0 Å². The van der Waals surface area contributed by atoms with Gasteiger partial charge in [0.15, 0.2) is 0 Å². The van der Waals surface area contributed by atoms with Gasteiger partial charge in [-0.3, -0.25) is 10.1 Å². The van der Waals surface area contributed by atoms with Gasteiger partial charge in [-0.15, -0.1) is 11.6 Å². The fourth-order valence-electron chi connectivity index (χ4n) is 1.33. The summed E-state index contributed by atoms with van der Waals surface area (Å²) in [6.45, 7) is 1.89. The fourth-order valence-corrected chi connectivity index (χ4v) is 1.47. The molecule has 0 aliphatic rings. The first-order chi connectivity index (χ1) is 6.65. The number of alkyl halides is 1. The highest BCUT2D eigenvalue weighted by molar-refractivity contribution is 6.17. The smallest absolute Gasteiger partial charge is 0.258 e. The number of rotatable bonds is 4. The Morgan fingerprint density at radius 1 is 1.50 bits per heavy atom. The lowest BCUT2D eigenvalue weighted by molar-refractivity contribution is -0.384. The van der Waals surface area contributed by atoms with Crippen LogP contribution in [0.25, 0.3) is 0 Å². The Bertz CT molecular complexity index is 339. The lowest BCUT2D eigenvalue weighted by Crippen LogP contribution is -1.94. The average Bonchev–Trinajstić information content (AvgIpc) is 2.15. The molecule has 0 bridgehead atoms. The SMILES string of the molecule is Cc1cc([N+](=O)[O-])ccc1CCCCl. The third-order valence-electron chi connectivity index (χ3n) is 2.12. The lowest BCUT2D eigenvalue weighted by Gasteiger charge is -2.03. The number of hydrogen-bond acceptors (Lipinski definition) is 2. The highest BCUT2D eigenvalue weighted by Gasteiger charge is 2.07. The van der Waals surface area contributed by atoms with Crippen LogP contribution in [0.3, 0.4) is 0 Å². The first-order valence-electron chi connectivity index (χ1n) is 4.45. The third-order valence-corrected chi connectivity index (χ3v) is 2.38. The van der Waals surface area contributed by atoms with Gasteiger partial charge in [0, 0.05) is 18.0 Å². The molecule has 0 N–H and O–H groups in total. The monoisotopic (exact) mass is 213 g/mol. The van der Waals surface area contributed by atoms with Crippen LogP contribution < -0.4 is 0 Å². The van der Waals surface area contributed by atoms with E-state index in [1.807, 2.05) is 6.92 Å². The van der Waals surface area contributed by atoms with Crippen LogP contribution in [0.15, 0.2) is 18.2 Å². The molecule has 0 aliphatic heterocycles. The Morgan fingerprint density at radius 2 is 2.21 bits per heavy atom. The van der Waals surface area contributed by atoms with Gasteiger partial charge in [-0.25, -0.2) is 0 Å². The molecule has 0 atom stereocenters. The molecule has 1 aromatic carbocycles. The molecule has 14 heavy (non-hydrogen) atoms. The minimum Gasteiger partial charge on any atom is -0.258 e. The molecule has 4 heteroatoms. The van der Waals surface area contributed by atoms with Gasteiger partial charge in [0.1, 0.15) is 0 Å². The number of non-ortho nitro benzene ring substituents is 1. The van der Waals surface area contributed by atoms with E-state index >= 15 is 0 Å². The van der Waals surface area contributed by atoms with Gasteiger partial charge in [0.05, 0.1) is 4.92 Å². The second kappa shape index (κ2) is 4.96. The molecule has 3 nitrogen and oxygen atoms in total. The average molecular weight is 214 g/mol. The maximum Gasteiger partial charge on any atom is 0.269 e. The molecule has 1 rings (SSSR count). The van der Waals surface area contributed by atoms with Crippen molar-refractivity contribution in [2.75, 3.05) is 5.88 Å². The third kappa shape index (κ3) is 2.70. The largest absolute Gasteiger partial charge is 0.269 e. The number of aryl methyl sites for hydroxylation is 2. The number of nitro benzene ring substituents is 1. The molecule has 76 valence electrons. The van der Waals surface area contributed by atoms with Gasteiger partial charge in [-0.05, 0) is 30.9 Å². The first-order valence-corrected chi connectivity index (χ1v) is 4.98. The van der Waals surface area contributed by atoms with Crippen molar-refractivity contribution in [3.05, 3.63) is 39.4 Å². The van der Waals surface area contributed by atoms with Crippen LogP contribution in [0.2, 0.25) is 0 Å². The maximum atomic E-state index is 10.5. The zero-order chi connectivity index (χ0) is 10.6. The van der Waals surface area contributed by atoms with E-state index in [4.69, 9.17) is 11.6 Å². The zero-order valence-corrected chi connectivity index (χ0v) is 8.75. The van der Waals surface area contributed by atoms with E-state index in [2.05, 4.69) is 0 Å². The Balaban J connectivity index is 2.84. The van der Waals surface area contributed by atoms with E-state index in [0.29, 0.717) is 5.88 Å². The van der Waals surface area contributed by atoms with Gasteiger partial charge in [-0.1, -0.05) is 6.07 Å². The van der Waals surface area contributed by atoms with E-state index in [1.165, 1.54) is 6.07 Å². The number of halogens is 1. The van der Waals surface area contributed by atoms with Crippen LogP contribution >= 0.6 is 11.6 Å². The molecule has 0 unspecified atom stereocenters. The number of benzene rings is 1. The minimum atomic E-state index is -0.377. The minimum absolute atomic E-state index is 0.150. The summed E-state index contributed by atoms with van der Waals surface area (Å²) in [5.41, 5.74) is 2.25. The Hall–Kier alpha value is -1.09. The van der Waals surface area contributed by atoms with Crippen LogP contribution in [0.5, 0.6) is 0 Å². The van der Waals surface area contributed by atoms with Crippen molar-refractivity contribution in [1.82, 2.24) is 0 Å². The summed E-state index contributed by atoms with van der Waals surface area (Å²) in [7, 11) is 0. The van der Waals surface area contributed by atoms with Gasteiger partial charge in [0.25, 0.3) is 5.69 Å². The highest BCUT2D eigenvalue weighted by Crippen LogP contribution is 2.18. The lowest BCUT2D eigenvalue weighted by atomic mass is 10.0. The molecule has 0 heterocycles. The van der Waals surface area contributed by atoms with Gasteiger partial charge in [0.2, 0.25) is 0 Å². The summed E-state index contributed by atoms with van der Waals surface area (Å²) in [5, 5.41) is 10.5. The van der Waals surface area contributed by atoms with Crippen molar-refractivity contribution in [2.45, 2.75) is 19.8 Å². The summed E-state index contributed by atoms with van der Waals surface area (Å²) < 4.78 is 0. The van der Waals surface area contributed by atoms with E-state index in [-0.39, 0.29) is 10.6 Å². The molecule has 0 amide bonds. The van der Waals surface area contributed by atoms with E-state index in [0.717, 1.165) is 24.0 Å². The Kier molecular flexibility index (Phi) is 3.89. The summed E-state index contributed by atoms with van der Waals surface area (Å²) >= 11 is 5.58. The van der Waals surface area contributed by atoms with Crippen molar-refractivity contribution in [3.8, 4) is 0 Å². The van der Waals surface area contributed by atoms with Crippen LogP contribution in [0, 0.1) is 17.0 Å². The highest BCUT2D eigenvalue weighted by atomic mass is 35.5. The second-order valence-electron chi connectivity index (χ2n) is 3.16. The molecule has 0 aliphatic carbocycles. The van der Waals surface area contributed by atoms with Crippen LogP contribution in [-0.2, 0) is 6.42 Å².